The molecule has 0 aliphatic carbocycles. The minimum absolute atomic E-state index is 0.0671. The topological polar surface area (TPSA) is 49.3 Å². The summed E-state index contributed by atoms with van der Waals surface area (Å²) in [5, 5.41) is 12.0. The summed E-state index contributed by atoms with van der Waals surface area (Å²) in [7, 11) is 0. The van der Waals surface area contributed by atoms with Gasteiger partial charge in [-0.05, 0) is 44.1 Å². The van der Waals surface area contributed by atoms with Crippen LogP contribution in [0.2, 0.25) is 0 Å². The zero-order valence-corrected chi connectivity index (χ0v) is 13.4. The Kier molecular flexibility index (Phi) is 7.70. The van der Waals surface area contributed by atoms with E-state index in [0.29, 0.717) is 12.8 Å². The highest BCUT2D eigenvalue weighted by molar-refractivity contribution is 7.98. The van der Waals surface area contributed by atoms with Gasteiger partial charge in [-0.3, -0.25) is 4.79 Å². The van der Waals surface area contributed by atoms with Crippen LogP contribution in [-0.2, 0) is 11.2 Å². The predicted octanol–water partition coefficient (Wildman–Crippen LogP) is 2.47. The maximum Gasteiger partial charge on any atom is 0.220 e. The fourth-order valence-corrected chi connectivity index (χ4v) is 2.88. The number of nitrogens with one attached hydrogen (secondary N) is 1. The van der Waals surface area contributed by atoms with Gasteiger partial charge in [-0.15, -0.1) is 0 Å². The van der Waals surface area contributed by atoms with Crippen LogP contribution in [0.15, 0.2) is 18.2 Å². The molecule has 0 saturated heterocycles. The van der Waals surface area contributed by atoms with Gasteiger partial charge >= 0.3 is 0 Å². The minimum atomic E-state index is 0.0671. The minimum Gasteiger partial charge on any atom is -0.396 e. The molecule has 0 bridgehead atoms. The third kappa shape index (κ3) is 5.97. The van der Waals surface area contributed by atoms with Crippen LogP contribution in [0, 0.1) is 13.8 Å². The van der Waals surface area contributed by atoms with Crippen LogP contribution in [-0.4, -0.2) is 35.7 Å². The van der Waals surface area contributed by atoms with Crippen LogP contribution in [0.25, 0.3) is 0 Å². The number of hydrogen-bond donors (Lipinski definition) is 2. The standard InChI is InChI=1S/C16H25NO2S/c1-12-4-5-14(13(2)10-12)6-7-16(19)17-15(8-9-18)11-20-3/h4-5,10,15,18H,6-9,11H2,1-3H3,(H,17,19)/t15-/m1/s1. The van der Waals surface area contributed by atoms with Crippen molar-refractivity contribution in [3.05, 3.63) is 34.9 Å². The van der Waals surface area contributed by atoms with Crippen molar-refractivity contribution in [1.82, 2.24) is 5.32 Å². The Morgan fingerprint density at radius 3 is 2.75 bits per heavy atom. The van der Waals surface area contributed by atoms with Gasteiger partial charge < -0.3 is 10.4 Å². The molecule has 20 heavy (non-hydrogen) atoms. The van der Waals surface area contributed by atoms with Crippen molar-refractivity contribution in [2.75, 3.05) is 18.6 Å². The summed E-state index contributed by atoms with van der Waals surface area (Å²) in [5.74, 6) is 0.910. The second-order valence-electron chi connectivity index (χ2n) is 5.16. The summed E-state index contributed by atoms with van der Waals surface area (Å²) in [4.78, 5) is 12.0. The number of benzene rings is 1. The Morgan fingerprint density at radius 1 is 1.40 bits per heavy atom. The molecule has 1 aromatic rings. The molecule has 1 atom stereocenters. The normalized spacial score (nSPS) is 12.2. The molecule has 0 radical (unpaired) electrons. The number of amides is 1. The first-order chi connectivity index (χ1) is 9.56. The molecule has 0 fully saturated rings. The number of aliphatic hydroxyl groups is 1. The average molecular weight is 295 g/mol. The number of carbonyl (C=O) groups is 1. The lowest BCUT2D eigenvalue weighted by molar-refractivity contribution is -0.121. The van der Waals surface area contributed by atoms with E-state index in [1.54, 1.807) is 11.8 Å². The molecule has 0 heterocycles. The highest BCUT2D eigenvalue weighted by Gasteiger charge is 2.11. The van der Waals surface area contributed by atoms with E-state index in [9.17, 15) is 4.79 Å². The largest absolute Gasteiger partial charge is 0.396 e. The quantitative estimate of drug-likeness (QED) is 0.774. The van der Waals surface area contributed by atoms with Gasteiger partial charge in [0, 0.05) is 24.8 Å². The highest BCUT2D eigenvalue weighted by Crippen LogP contribution is 2.12. The molecule has 0 aromatic heterocycles. The van der Waals surface area contributed by atoms with Gasteiger partial charge in [-0.1, -0.05) is 23.8 Å². The first kappa shape index (κ1) is 17.1. The summed E-state index contributed by atoms with van der Waals surface area (Å²) < 4.78 is 0. The van der Waals surface area contributed by atoms with Gasteiger partial charge in [-0.25, -0.2) is 0 Å². The van der Waals surface area contributed by atoms with E-state index in [2.05, 4.69) is 37.4 Å². The molecule has 0 spiro atoms. The Bertz CT molecular complexity index is 428. The summed E-state index contributed by atoms with van der Waals surface area (Å²) in [6.07, 6.45) is 3.89. The monoisotopic (exact) mass is 295 g/mol. The van der Waals surface area contributed by atoms with Crippen molar-refractivity contribution in [3.8, 4) is 0 Å². The molecule has 0 saturated carbocycles. The van der Waals surface area contributed by atoms with Crippen LogP contribution in [0.4, 0.5) is 0 Å². The third-order valence-corrected chi connectivity index (χ3v) is 4.07. The van der Waals surface area contributed by atoms with Gasteiger partial charge in [0.25, 0.3) is 0 Å². The molecular weight excluding hydrogens is 270 g/mol. The predicted molar refractivity (Wildman–Crippen MR) is 86.3 cm³/mol. The lowest BCUT2D eigenvalue weighted by Gasteiger charge is -2.16. The summed E-state index contributed by atoms with van der Waals surface area (Å²) in [5.41, 5.74) is 3.72. The smallest absolute Gasteiger partial charge is 0.220 e. The molecule has 0 aliphatic heterocycles. The van der Waals surface area contributed by atoms with E-state index in [1.807, 2.05) is 6.26 Å². The maximum absolute atomic E-state index is 12.0. The molecule has 3 nitrogen and oxygen atoms in total. The van der Waals surface area contributed by atoms with Crippen LogP contribution in [0.1, 0.15) is 29.5 Å². The highest BCUT2D eigenvalue weighted by atomic mass is 32.2. The average Bonchev–Trinajstić information content (AvgIpc) is 2.38. The van der Waals surface area contributed by atoms with Crippen LogP contribution >= 0.6 is 11.8 Å². The van der Waals surface area contributed by atoms with Crippen LogP contribution < -0.4 is 5.32 Å². The Labute approximate surface area is 126 Å². The van der Waals surface area contributed by atoms with E-state index >= 15 is 0 Å². The fraction of sp³-hybridized carbons (Fsp3) is 0.562. The van der Waals surface area contributed by atoms with E-state index in [1.165, 1.54) is 16.7 Å². The van der Waals surface area contributed by atoms with Gasteiger partial charge in [0.1, 0.15) is 0 Å². The second kappa shape index (κ2) is 9.03. The summed E-state index contributed by atoms with van der Waals surface area (Å²) in [6.45, 7) is 4.27. The maximum atomic E-state index is 12.0. The molecule has 1 rings (SSSR count). The Morgan fingerprint density at radius 2 is 2.15 bits per heavy atom. The van der Waals surface area contributed by atoms with Gasteiger partial charge in [0.2, 0.25) is 5.91 Å². The van der Waals surface area contributed by atoms with Crippen molar-refractivity contribution in [2.24, 2.45) is 0 Å². The van der Waals surface area contributed by atoms with Crippen molar-refractivity contribution >= 4 is 17.7 Å². The lowest BCUT2D eigenvalue weighted by atomic mass is 10.0. The lowest BCUT2D eigenvalue weighted by Crippen LogP contribution is -2.37. The van der Waals surface area contributed by atoms with Gasteiger partial charge in [-0.2, -0.15) is 11.8 Å². The molecule has 4 heteroatoms. The summed E-state index contributed by atoms with van der Waals surface area (Å²) >= 11 is 1.68. The van der Waals surface area contributed by atoms with E-state index < -0.39 is 0 Å². The molecule has 0 unspecified atom stereocenters. The first-order valence-electron chi connectivity index (χ1n) is 7.02. The molecule has 1 aromatic carbocycles. The van der Waals surface area contributed by atoms with Crippen molar-refractivity contribution in [3.63, 3.8) is 0 Å². The molecule has 1 amide bonds. The van der Waals surface area contributed by atoms with E-state index in [4.69, 9.17) is 5.11 Å². The number of thioether (sulfide) groups is 1. The van der Waals surface area contributed by atoms with E-state index in [0.717, 1.165) is 12.2 Å². The van der Waals surface area contributed by atoms with Crippen molar-refractivity contribution in [1.29, 1.82) is 0 Å². The van der Waals surface area contributed by atoms with Gasteiger partial charge in [0.05, 0.1) is 0 Å². The number of rotatable bonds is 8. The second-order valence-corrected chi connectivity index (χ2v) is 6.07. The van der Waals surface area contributed by atoms with E-state index in [-0.39, 0.29) is 18.6 Å². The zero-order valence-electron chi connectivity index (χ0n) is 12.6. The Hall–Kier alpha value is -1.00. The van der Waals surface area contributed by atoms with Crippen LogP contribution in [0.5, 0.6) is 0 Å². The molecule has 112 valence electrons. The number of aliphatic hydroxyl groups excluding tert-OH is 1. The van der Waals surface area contributed by atoms with Crippen molar-refractivity contribution < 1.29 is 9.90 Å². The fourth-order valence-electron chi connectivity index (χ4n) is 2.23. The SMILES string of the molecule is CSC[C@@H](CCO)NC(=O)CCc1ccc(C)cc1C. The zero-order chi connectivity index (χ0) is 15.0. The number of hydrogen-bond acceptors (Lipinski definition) is 3. The van der Waals surface area contributed by atoms with Gasteiger partial charge in [0.15, 0.2) is 0 Å². The summed E-state index contributed by atoms with van der Waals surface area (Å²) in [6, 6.07) is 6.41. The Balaban J connectivity index is 2.45. The van der Waals surface area contributed by atoms with Crippen molar-refractivity contribution in [2.45, 2.75) is 39.2 Å². The molecule has 0 aliphatic rings. The number of aryl methyl sites for hydroxylation is 3. The first-order valence-corrected chi connectivity index (χ1v) is 8.41. The third-order valence-electron chi connectivity index (χ3n) is 3.33. The molecule has 2 N–H and O–H groups in total. The van der Waals surface area contributed by atoms with Crippen LogP contribution in [0.3, 0.4) is 0 Å². The molecular formula is C16H25NO2S. The number of carbonyl (C=O) groups excluding carboxylic acids is 1.